The van der Waals surface area contributed by atoms with Crippen LogP contribution in [0.5, 0.6) is 11.5 Å². The predicted octanol–water partition coefficient (Wildman–Crippen LogP) is 7.22. The van der Waals surface area contributed by atoms with Crippen molar-refractivity contribution in [2.75, 3.05) is 20.8 Å². The molecule has 0 radical (unpaired) electrons. The molecule has 0 aliphatic heterocycles. The van der Waals surface area contributed by atoms with E-state index in [4.69, 9.17) is 49.6 Å². The summed E-state index contributed by atoms with van der Waals surface area (Å²) in [6, 6.07) is 15.6. The molecule has 0 amide bonds. The lowest BCUT2D eigenvalue weighted by molar-refractivity contribution is 0.166. The molecule has 42 heavy (non-hydrogen) atoms. The number of rotatable bonds is 18. The molecule has 2 aromatic carbocycles. The van der Waals surface area contributed by atoms with Crippen LogP contribution in [0.25, 0.3) is 0 Å². The van der Waals surface area contributed by atoms with Crippen molar-refractivity contribution in [3.63, 3.8) is 0 Å². The third kappa shape index (κ3) is 12.4. The van der Waals surface area contributed by atoms with Crippen molar-refractivity contribution in [3.8, 4) is 11.5 Å². The third-order valence-electron chi connectivity index (χ3n) is 6.39. The van der Waals surface area contributed by atoms with E-state index in [1.165, 1.54) is 0 Å². The van der Waals surface area contributed by atoms with E-state index >= 15 is 0 Å². The largest absolute Gasteiger partial charge is 0.484 e. The summed E-state index contributed by atoms with van der Waals surface area (Å²) in [5, 5.41) is 8.47. The Morgan fingerprint density at radius 1 is 0.976 bits per heavy atom. The molecule has 6 N–H and O–H groups in total. The van der Waals surface area contributed by atoms with Gasteiger partial charge in [-0.2, -0.15) is 10.2 Å². The maximum Gasteiger partial charge on any atom is 0.143 e. The molecule has 0 heterocycles. The zero-order valence-electron chi connectivity index (χ0n) is 25.2. The van der Waals surface area contributed by atoms with E-state index in [0.717, 1.165) is 48.3 Å². The molecule has 0 aliphatic carbocycles. The average Bonchev–Trinajstić information content (AvgIpc) is 2.98. The summed E-state index contributed by atoms with van der Waals surface area (Å²) in [5.74, 6) is 1.35. The van der Waals surface area contributed by atoms with Crippen LogP contribution in [0.4, 0.5) is 0 Å². The van der Waals surface area contributed by atoms with E-state index in [1.54, 1.807) is 12.4 Å². The van der Waals surface area contributed by atoms with Crippen molar-refractivity contribution in [2.24, 2.45) is 26.7 Å². The van der Waals surface area contributed by atoms with Gasteiger partial charge in [-0.1, -0.05) is 43.4 Å². The van der Waals surface area contributed by atoms with Gasteiger partial charge in [0.2, 0.25) is 0 Å². The number of hydrogen-bond acceptors (Lipinski definition) is 9. The minimum absolute atomic E-state index is 0.152. The van der Waals surface area contributed by atoms with Crippen molar-refractivity contribution >= 4 is 73.4 Å². The Hall–Kier alpha value is -0.550. The molecule has 0 bridgehead atoms. The molecule has 0 spiro atoms. The minimum atomic E-state index is -1.52. The predicted molar refractivity (Wildman–Crippen MR) is 199 cm³/mol. The quantitative estimate of drug-likeness (QED) is 0.0637. The number of ether oxygens (including phenoxy) is 2. The van der Waals surface area contributed by atoms with Gasteiger partial charge in [-0.25, -0.2) is 0 Å². The summed E-state index contributed by atoms with van der Waals surface area (Å²) in [5.41, 5.74) is 20.7. The molecule has 0 aliphatic rings. The average molecular weight is 708 g/mol. The molecule has 2 rings (SSSR count). The zero-order chi connectivity index (χ0) is 31.3. The van der Waals surface area contributed by atoms with Crippen molar-refractivity contribution in [2.45, 2.75) is 57.6 Å². The van der Waals surface area contributed by atoms with Crippen LogP contribution in [-0.4, -0.2) is 53.9 Å². The van der Waals surface area contributed by atoms with Gasteiger partial charge in [0.05, 0.1) is 27.0 Å². The molecular formula is C26H46N7O2P5S2. The molecule has 0 saturated carbocycles. The summed E-state index contributed by atoms with van der Waals surface area (Å²) < 4.78 is 16.3. The first kappa shape index (κ1) is 37.6. The second kappa shape index (κ2) is 19.1. The van der Waals surface area contributed by atoms with E-state index in [1.807, 2.05) is 85.8 Å². The van der Waals surface area contributed by atoms with E-state index < -0.39 is 34.2 Å². The second-order valence-electron chi connectivity index (χ2n) is 9.84. The van der Waals surface area contributed by atoms with Crippen molar-refractivity contribution in [3.05, 3.63) is 59.7 Å². The van der Waals surface area contributed by atoms with E-state index in [0.29, 0.717) is 0 Å². The Morgan fingerprint density at radius 3 is 2.00 bits per heavy atom. The van der Waals surface area contributed by atoms with Gasteiger partial charge in [0.25, 0.3) is 0 Å². The highest BCUT2D eigenvalue weighted by molar-refractivity contribution is 8.55. The Labute approximate surface area is 267 Å². The second-order valence-corrected chi connectivity index (χ2v) is 25.2. The summed E-state index contributed by atoms with van der Waals surface area (Å²) >= 11 is 11.1. The topological polar surface area (TPSA) is 128 Å². The van der Waals surface area contributed by atoms with Gasteiger partial charge in [-0.3, -0.25) is 9.56 Å². The SMILES string of the molecule is CCCCCC(C)(Oc1ccc(/C=N/N(C)[PH](=S)C(C)Oc2ccc(/C=N/N(C)[PH](C)=S)cc2)cc1)P(N)P(N)PN. The number of unbranched alkanes of at least 4 members (excludes halogenated alkanes) is 2. The molecule has 7 atom stereocenters. The monoisotopic (exact) mass is 707 g/mol. The summed E-state index contributed by atoms with van der Waals surface area (Å²) in [6.45, 7) is 5.73. The fraction of sp³-hybridized carbons (Fsp3) is 0.462. The van der Waals surface area contributed by atoms with Crippen LogP contribution in [0.1, 0.15) is 57.6 Å². The molecule has 234 valence electrons. The van der Waals surface area contributed by atoms with Crippen LogP contribution in [0.3, 0.4) is 0 Å². The van der Waals surface area contributed by atoms with E-state index in [9.17, 15) is 0 Å². The maximum atomic E-state index is 6.60. The van der Waals surface area contributed by atoms with Crippen LogP contribution >= 0.6 is 37.3 Å². The fourth-order valence-electron chi connectivity index (χ4n) is 3.68. The molecule has 7 unspecified atom stereocenters. The number of hydrogen-bond donors (Lipinski definition) is 3. The lowest BCUT2D eigenvalue weighted by Gasteiger charge is -2.38. The highest BCUT2D eigenvalue weighted by Crippen LogP contribution is 2.74. The van der Waals surface area contributed by atoms with Crippen molar-refractivity contribution in [1.29, 1.82) is 0 Å². The Morgan fingerprint density at radius 2 is 1.50 bits per heavy atom. The van der Waals surface area contributed by atoms with Gasteiger partial charge in [0.15, 0.2) is 0 Å². The third-order valence-corrected chi connectivity index (χ3v) is 20.0. The first-order valence-corrected chi connectivity index (χ1v) is 24.8. The number of hydrazone groups is 2. The molecule has 0 saturated heterocycles. The lowest BCUT2D eigenvalue weighted by atomic mass is 10.1. The van der Waals surface area contributed by atoms with Gasteiger partial charge in [-0.05, 0) is 101 Å². The van der Waals surface area contributed by atoms with Gasteiger partial charge in [-0.15, -0.1) is 0 Å². The summed E-state index contributed by atoms with van der Waals surface area (Å²) in [6.07, 6.45) is 7.76. The molecule has 0 fully saturated rings. The zero-order valence-corrected chi connectivity index (χ0v) is 31.6. The fourth-order valence-corrected chi connectivity index (χ4v) is 11.6. The van der Waals surface area contributed by atoms with Crippen LogP contribution < -0.4 is 26.0 Å². The number of benzene rings is 2. The van der Waals surface area contributed by atoms with Crippen molar-refractivity contribution in [1.82, 2.24) is 9.56 Å². The molecular weight excluding hydrogens is 661 g/mol. The van der Waals surface area contributed by atoms with Crippen LogP contribution in [0, 0.1) is 0 Å². The normalized spacial score (nSPS) is 17.2. The Bertz CT molecular complexity index is 1210. The highest BCUT2D eigenvalue weighted by atomic mass is 32.5. The summed E-state index contributed by atoms with van der Waals surface area (Å²) in [7, 11) is 1.97. The molecule has 2 aromatic rings. The van der Waals surface area contributed by atoms with Gasteiger partial charge in [0, 0.05) is 28.4 Å². The van der Waals surface area contributed by atoms with Crippen molar-refractivity contribution < 1.29 is 9.47 Å². The number of nitrogens with two attached hydrogens (primary N) is 3. The van der Waals surface area contributed by atoms with E-state index in [2.05, 4.69) is 24.1 Å². The highest BCUT2D eigenvalue weighted by Gasteiger charge is 2.37. The van der Waals surface area contributed by atoms with Crippen LogP contribution in [0.15, 0.2) is 58.7 Å². The minimum Gasteiger partial charge on any atom is -0.484 e. The molecule has 0 aromatic heterocycles. The first-order chi connectivity index (χ1) is 19.9. The molecule has 16 heteroatoms. The van der Waals surface area contributed by atoms with Gasteiger partial charge >= 0.3 is 0 Å². The molecule has 9 nitrogen and oxygen atoms in total. The van der Waals surface area contributed by atoms with Gasteiger partial charge < -0.3 is 26.0 Å². The smallest absolute Gasteiger partial charge is 0.143 e. The lowest BCUT2D eigenvalue weighted by Crippen LogP contribution is -2.32. The Balaban J connectivity index is 1.98. The van der Waals surface area contributed by atoms with Crippen LogP contribution in [-0.2, 0) is 23.6 Å². The van der Waals surface area contributed by atoms with E-state index in [-0.39, 0.29) is 14.3 Å². The summed E-state index contributed by atoms with van der Waals surface area (Å²) in [4.78, 5) is 0. The maximum absolute atomic E-state index is 6.60. The standard InChI is InChI=1S/C26H46N7O2P5S2/c1-7-8-9-18-26(3,39(28)40(29)36-27)35-25-16-12-23(13-17-25)20-31-33(5)38(42)21(2)34-24-14-10-22(11-15-24)19-30-32(4)37(6)41/h10-17,19-21,36-38H,7-9,18,27-29H2,1-6H3/b30-19+,31-20+. The van der Waals surface area contributed by atoms with Crippen LogP contribution in [0.2, 0.25) is 0 Å². The van der Waals surface area contributed by atoms with Gasteiger partial charge in [0.1, 0.15) is 22.7 Å². The first-order valence-electron chi connectivity index (χ1n) is 13.6. The Kier molecular flexibility index (Phi) is 17.1. The number of nitrogens with zero attached hydrogens (tertiary/aromatic N) is 4.